The molecule has 0 fully saturated rings. The van der Waals surface area contributed by atoms with E-state index in [4.69, 9.17) is 11.6 Å². The molecule has 3 atom stereocenters. The summed E-state index contributed by atoms with van der Waals surface area (Å²) in [5, 5.41) is 21.7. The Morgan fingerprint density at radius 3 is 2.59 bits per heavy atom. The summed E-state index contributed by atoms with van der Waals surface area (Å²) in [5.74, 6) is 0.630. The molecule has 1 aromatic heterocycles. The van der Waals surface area contributed by atoms with E-state index in [2.05, 4.69) is 11.9 Å². The minimum absolute atomic E-state index is 0.260. The van der Waals surface area contributed by atoms with E-state index in [1.807, 2.05) is 32.0 Å². The molecule has 122 valence electrons. The molecule has 2 rings (SSSR count). The molecule has 22 heavy (non-hydrogen) atoms. The highest BCUT2D eigenvalue weighted by atomic mass is 35.5. The van der Waals surface area contributed by atoms with Crippen molar-refractivity contribution in [1.82, 2.24) is 4.98 Å². The molecule has 0 aliphatic carbocycles. The van der Waals surface area contributed by atoms with Gasteiger partial charge in [-0.25, -0.2) is 4.98 Å². The Labute approximate surface area is 141 Å². The van der Waals surface area contributed by atoms with Crippen molar-refractivity contribution in [3.8, 4) is 0 Å². The zero-order chi connectivity index (χ0) is 16.3. The first-order valence-corrected chi connectivity index (χ1v) is 8.98. The van der Waals surface area contributed by atoms with Gasteiger partial charge in [0, 0.05) is 5.02 Å². The van der Waals surface area contributed by atoms with E-state index in [0.717, 1.165) is 28.1 Å². The maximum absolute atomic E-state index is 10.4. The van der Waals surface area contributed by atoms with Gasteiger partial charge in [-0.3, -0.25) is 0 Å². The maximum Gasteiger partial charge on any atom is 0.122 e. The van der Waals surface area contributed by atoms with Crippen molar-refractivity contribution in [2.45, 2.75) is 52.2 Å². The zero-order valence-corrected chi connectivity index (χ0v) is 14.9. The smallest absolute Gasteiger partial charge is 0.122 e. The standard InChI is InChI=1S/C17H24ClNO2S/c1-10(2)14(20)7-4-11(3)8-15(21)17-19-13-6-5-12(18)9-16(13)22-17/h5-6,9-11,14-15,20-21H,4,7-8H2,1-3H3. The van der Waals surface area contributed by atoms with Gasteiger partial charge in [0.1, 0.15) is 11.1 Å². The second-order valence-electron chi connectivity index (χ2n) is 6.41. The van der Waals surface area contributed by atoms with Crippen molar-refractivity contribution < 1.29 is 10.2 Å². The average molecular weight is 342 g/mol. The summed E-state index contributed by atoms with van der Waals surface area (Å²) in [6.07, 6.45) is 1.54. The Balaban J connectivity index is 1.94. The van der Waals surface area contributed by atoms with Crippen molar-refractivity contribution in [2.75, 3.05) is 0 Å². The molecule has 0 aliphatic rings. The van der Waals surface area contributed by atoms with Crippen LogP contribution in [0.1, 0.15) is 51.1 Å². The van der Waals surface area contributed by atoms with Crippen molar-refractivity contribution in [2.24, 2.45) is 11.8 Å². The van der Waals surface area contributed by atoms with Gasteiger partial charge in [-0.05, 0) is 49.3 Å². The molecule has 0 saturated carbocycles. The van der Waals surface area contributed by atoms with Crippen LogP contribution in [0.5, 0.6) is 0 Å². The maximum atomic E-state index is 10.4. The third-order valence-electron chi connectivity index (χ3n) is 4.00. The Kier molecular flexibility index (Phi) is 6.21. The predicted octanol–water partition coefficient (Wildman–Crippen LogP) is 4.81. The second-order valence-corrected chi connectivity index (χ2v) is 7.91. The Hall–Kier alpha value is -0.680. The van der Waals surface area contributed by atoms with Crippen LogP contribution in [0.4, 0.5) is 0 Å². The molecule has 1 heterocycles. The number of fused-ring (bicyclic) bond motifs is 1. The van der Waals surface area contributed by atoms with Crippen LogP contribution in [0, 0.1) is 11.8 Å². The number of aromatic nitrogens is 1. The van der Waals surface area contributed by atoms with Gasteiger partial charge in [-0.2, -0.15) is 0 Å². The molecule has 2 N–H and O–H groups in total. The Morgan fingerprint density at radius 1 is 1.18 bits per heavy atom. The van der Waals surface area contributed by atoms with E-state index in [1.165, 1.54) is 11.3 Å². The molecule has 3 nitrogen and oxygen atoms in total. The molecular formula is C17H24ClNO2S. The lowest BCUT2D eigenvalue weighted by Gasteiger charge is -2.18. The monoisotopic (exact) mass is 341 g/mol. The van der Waals surface area contributed by atoms with Crippen LogP contribution in [0.3, 0.4) is 0 Å². The molecule has 0 radical (unpaired) electrons. The number of nitrogens with zero attached hydrogens (tertiary/aromatic N) is 1. The van der Waals surface area contributed by atoms with Crippen LogP contribution in [0.2, 0.25) is 5.02 Å². The molecule has 0 aliphatic heterocycles. The van der Waals surface area contributed by atoms with Crippen LogP contribution in [-0.4, -0.2) is 21.3 Å². The lowest BCUT2D eigenvalue weighted by molar-refractivity contribution is 0.0991. The molecule has 0 amide bonds. The van der Waals surface area contributed by atoms with Crippen LogP contribution < -0.4 is 0 Å². The summed E-state index contributed by atoms with van der Waals surface area (Å²) in [7, 11) is 0. The predicted molar refractivity (Wildman–Crippen MR) is 93.4 cm³/mol. The van der Waals surface area contributed by atoms with Crippen molar-refractivity contribution >= 4 is 33.2 Å². The molecule has 3 unspecified atom stereocenters. The first-order valence-electron chi connectivity index (χ1n) is 7.79. The second kappa shape index (κ2) is 7.73. The van der Waals surface area contributed by atoms with Crippen LogP contribution in [0.25, 0.3) is 10.2 Å². The van der Waals surface area contributed by atoms with Crippen molar-refractivity contribution in [3.05, 3.63) is 28.2 Å². The van der Waals surface area contributed by atoms with E-state index in [9.17, 15) is 10.2 Å². The number of hydrogen-bond donors (Lipinski definition) is 2. The summed E-state index contributed by atoms with van der Waals surface area (Å²) >= 11 is 7.48. The highest BCUT2D eigenvalue weighted by Crippen LogP contribution is 2.32. The van der Waals surface area contributed by atoms with Crippen molar-refractivity contribution in [1.29, 1.82) is 0 Å². The molecule has 0 bridgehead atoms. The van der Waals surface area contributed by atoms with E-state index in [0.29, 0.717) is 17.4 Å². The van der Waals surface area contributed by atoms with Gasteiger partial charge >= 0.3 is 0 Å². The highest BCUT2D eigenvalue weighted by molar-refractivity contribution is 7.18. The minimum Gasteiger partial charge on any atom is -0.393 e. The minimum atomic E-state index is -0.553. The summed E-state index contributed by atoms with van der Waals surface area (Å²) < 4.78 is 1.00. The van der Waals surface area contributed by atoms with Gasteiger partial charge in [0.25, 0.3) is 0 Å². The van der Waals surface area contributed by atoms with Crippen LogP contribution in [0.15, 0.2) is 18.2 Å². The van der Waals surface area contributed by atoms with Crippen molar-refractivity contribution in [3.63, 3.8) is 0 Å². The normalized spacial score (nSPS) is 16.1. The van der Waals surface area contributed by atoms with E-state index in [-0.39, 0.29) is 12.0 Å². The number of halogens is 1. The van der Waals surface area contributed by atoms with Gasteiger partial charge in [0.15, 0.2) is 0 Å². The van der Waals surface area contributed by atoms with Gasteiger partial charge in [0.05, 0.1) is 16.3 Å². The first kappa shape index (κ1) is 17.7. The van der Waals surface area contributed by atoms with Crippen LogP contribution >= 0.6 is 22.9 Å². The molecule has 5 heteroatoms. The zero-order valence-electron chi connectivity index (χ0n) is 13.3. The molecular weight excluding hydrogens is 318 g/mol. The molecule has 0 saturated heterocycles. The first-order chi connectivity index (χ1) is 10.4. The lowest BCUT2D eigenvalue weighted by atomic mass is 9.93. The number of aliphatic hydroxyl groups excluding tert-OH is 2. The highest BCUT2D eigenvalue weighted by Gasteiger charge is 2.18. The quantitative estimate of drug-likeness (QED) is 0.760. The van der Waals surface area contributed by atoms with Gasteiger partial charge < -0.3 is 10.2 Å². The van der Waals surface area contributed by atoms with Gasteiger partial charge in [0.2, 0.25) is 0 Å². The largest absolute Gasteiger partial charge is 0.393 e. The third kappa shape index (κ3) is 4.66. The molecule has 0 spiro atoms. The summed E-state index contributed by atoms with van der Waals surface area (Å²) in [6.45, 7) is 6.16. The number of benzene rings is 1. The number of rotatable bonds is 7. The Bertz CT molecular complexity index is 614. The number of thiazole rings is 1. The molecule has 1 aromatic carbocycles. The van der Waals surface area contributed by atoms with Gasteiger partial charge in [-0.1, -0.05) is 32.4 Å². The fourth-order valence-corrected chi connectivity index (χ4v) is 3.69. The number of aliphatic hydroxyl groups is 2. The van der Waals surface area contributed by atoms with E-state index >= 15 is 0 Å². The third-order valence-corrected chi connectivity index (χ3v) is 5.36. The Morgan fingerprint density at radius 2 is 1.91 bits per heavy atom. The van der Waals surface area contributed by atoms with Gasteiger partial charge in [-0.15, -0.1) is 11.3 Å². The lowest BCUT2D eigenvalue weighted by Crippen LogP contribution is -2.16. The fourth-order valence-electron chi connectivity index (χ4n) is 2.45. The summed E-state index contributed by atoms with van der Waals surface area (Å²) in [6, 6.07) is 5.58. The average Bonchev–Trinajstić information content (AvgIpc) is 2.87. The SMILES string of the molecule is CC(CCC(O)C(C)C)CC(O)c1nc2ccc(Cl)cc2s1. The van der Waals surface area contributed by atoms with E-state index < -0.39 is 6.10 Å². The molecule has 2 aromatic rings. The summed E-state index contributed by atoms with van der Waals surface area (Å²) in [4.78, 5) is 4.49. The number of hydrogen-bond acceptors (Lipinski definition) is 4. The topological polar surface area (TPSA) is 53.4 Å². The fraction of sp³-hybridized carbons (Fsp3) is 0.588. The van der Waals surface area contributed by atoms with Crippen LogP contribution in [-0.2, 0) is 0 Å². The summed E-state index contributed by atoms with van der Waals surface area (Å²) in [5.41, 5.74) is 0.881. The van der Waals surface area contributed by atoms with E-state index in [1.54, 1.807) is 0 Å².